The lowest BCUT2D eigenvalue weighted by Gasteiger charge is -2.16. The van der Waals surface area contributed by atoms with E-state index in [1.54, 1.807) is 7.11 Å². The van der Waals surface area contributed by atoms with E-state index in [0.29, 0.717) is 19.2 Å². The molecule has 2 rings (SSSR count). The number of rotatable bonds is 5. The van der Waals surface area contributed by atoms with Gasteiger partial charge >= 0.3 is 0 Å². The molecule has 1 heterocycles. The zero-order valence-electron chi connectivity index (χ0n) is 9.35. The summed E-state index contributed by atoms with van der Waals surface area (Å²) >= 11 is 1.87. The van der Waals surface area contributed by atoms with Crippen LogP contribution in [0.1, 0.15) is 11.6 Å². The Hall–Kier alpha value is -0.550. The van der Waals surface area contributed by atoms with Crippen LogP contribution in [-0.4, -0.2) is 37.2 Å². The van der Waals surface area contributed by atoms with Crippen LogP contribution in [0.4, 0.5) is 0 Å². The van der Waals surface area contributed by atoms with E-state index in [2.05, 4.69) is 29.6 Å². The van der Waals surface area contributed by atoms with Crippen molar-refractivity contribution in [1.29, 1.82) is 0 Å². The zero-order chi connectivity index (χ0) is 11.4. The van der Waals surface area contributed by atoms with Crippen molar-refractivity contribution in [3.05, 3.63) is 29.8 Å². The third-order valence-electron chi connectivity index (χ3n) is 2.66. The van der Waals surface area contributed by atoms with E-state index in [1.807, 2.05) is 11.8 Å². The minimum atomic E-state index is -0.428. The number of aliphatic hydroxyl groups is 1. The average Bonchev–Trinajstić information content (AvgIpc) is 2.70. The Labute approximate surface area is 100 Å². The molecule has 4 heteroatoms. The third-order valence-corrected chi connectivity index (χ3v) is 3.84. The smallest absolute Gasteiger partial charge is 0.0897 e. The number of fused-ring (bicyclic) bond motifs is 1. The quantitative estimate of drug-likeness (QED) is 0.815. The number of nitrogens with one attached hydrogen (secondary N) is 1. The van der Waals surface area contributed by atoms with E-state index in [1.165, 1.54) is 10.5 Å². The van der Waals surface area contributed by atoms with Crippen molar-refractivity contribution in [3.8, 4) is 0 Å². The number of thioether (sulfide) groups is 1. The van der Waals surface area contributed by atoms with Crippen LogP contribution in [0.15, 0.2) is 29.2 Å². The molecule has 0 saturated heterocycles. The predicted octanol–water partition coefficient (Wildman–Crippen LogP) is 1.43. The van der Waals surface area contributed by atoms with Gasteiger partial charge in [0.25, 0.3) is 0 Å². The Kier molecular flexibility index (Phi) is 4.23. The molecule has 2 atom stereocenters. The third kappa shape index (κ3) is 2.77. The highest BCUT2D eigenvalue weighted by Crippen LogP contribution is 2.37. The van der Waals surface area contributed by atoms with Gasteiger partial charge in [0, 0.05) is 30.3 Å². The fourth-order valence-electron chi connectivity index (χ4n) is 1.86. The van der Waals surface area contributed by atoms with Gasteiger partial charge < -0.3 is 15.2 Å². The normalized spacial score (nSPS) is 20.8. The summed E-state index contributed by atoms with van der Waals surface area (Å²) in [7, 11) is 1.60. The minimum Gasteiger partial charge on any atom is -0.389 e. The highest BCUT2D eigenvalue weighted by Gasteiger charge is 2.22. The monoisotopic (exact) mass is 239 g/mol. The van der Waals surface area contributed by atoms with Gasteiger partial charge in [-0.3, -0.25) is 0 Å². The maximum absolute atomic E-state index is 9.56. The van der Waals surface area contributed by atoms with Crippen molar-refractivity contribution < 1.29 is 9.84 Å². The summed E-state index contributed by atoms with van der Waals surface area (Å²) in [5.41, 5.74) is 1.34. The topological polar surface area (TPSA) is 41.5 Å². The van der Waals surface area contributed by atoms with Gasteiger partial charge in [-0.25, -0.2) is 0 Å². The molecule has 0 fully saturated rings. The highest BCUT2D eigenvalue weighted by atomic mass is 32.2. The summed E-state index contributed by atoms with van der Waals surface area (Å²) in [5, 5.41) is 12.9. The number of methoxy groups -OCH3 is 1. The van der Waals surface area contributed by atoms with E-state index in [0.717, 1.165) is 5.75 Å². The van der Waals surface area contributed by atoms with Crippen molar-refractivity contribution in [2.45, 2.75) is 17.0 Å². The summed E-state index contributed by atoms with van der Waals surface area (Å²) in [5.74, 6) is 1.04. The van der Waals surface area contributed by atoms with Crippen molar-refractivity contribution in [2.24, 2.45) is 0 Å². The van der Waals surface area contributed by atoms with Crippen LogP contribution in [0.25, 0.3) is 0 Å². The van der Waals surface area contributed by atoms with Gasteiger partial charge in [-0.15, -0.1) is 11.8 Å². The largest absolute Gasteiger partial charge is 0.389 e. The van der Waals surface area contributed by atoms with Gasteiger partial charge in [-0.05, 0) is 11.6 Å². The lowest BCUT2D eigenvalue weighted by molar-refractivity contribution is 0.0632. The fourth-order valence-corrected chi connectivity index (χ4v) is 3.06. The van der Waals surface area contributed by atoms with Gasteiger partial charge in [0.2, 0.25) is 0 Å². The first-order chi connectivity index (χ1) is 7.81. The molecule has 1 aliphatic rings. The van der Waals surface area contributed by atoms with E-state index >= 15 is 0 Å². The first-order valence-electron chi connectivity index (χ1n) is 5.43. The number of benzene rings is 1. The minimum absolute atomic E-state index is 0.354. The molecule has 0 bridgehead atoms. The fraction of sp³-hybridized carbons (Fsp3) is 0.500. The van der Waals surface area contributed by atoms with Crippen LogP contribution in [-0.2, 0) is 4.74 Å². The van der Waals surface area contributed by atoms with Gasteiger partial charge in [0.1, 0.15) is 0 Å². The predicted molar refractivity (Wildman–Crippen MR) is 65.8 cm³/mol. The number of aliphatic hydroxyl groups excluding tert-OH is 1. The molecule has 1 aromatic rings. The first-order valence-corrected chi connectivity index (χ1v) is 6.42. The summed E-state index contributed by atoms with van der Waals surface area (Å²) < 4.78 is 4.89. The van der Waals surface area contributed by atoms with Crippen molar-refractivity contribution >= 4 is 11.8 Å². The number of hydrogen-bond donors (Lipinski definition) is 2. The summed E-state index contributed by atoms with van der Waals surface area (Å²) in [4.78, 5) is 1.35. The van der Waals surface area contributed by atoms with Crippen molar-refractivity contribution in [1.82, 2.24) is 5.32 Å². The Morgan fingerprint density at radius 1 is 1.56 bits per heavy atom. The molecule has 88 valence electrons. The molecule has 2 N–H and O–H groups in total. The van der Waals surface area contributed by atoms with Gasteiger partial charge in [-0.1, -0.05) is 18.2 Å². The highest BCUT2D eigenvalue weighted by molar-refractivity contribution is 7.99. The Balaban J connectivity index is 1.88. The lowest BCUT2D eigenvalue weighted by Crippen LogP contribution is -2.32. The van der Waals surface area contributed by atoms with Gasteiger partial charge in [0.15, 0.2) is 0 Å². The molecule has 2 unspecified atom stereocenters. The zero-order valence-corrected chi connectivity index (χ0v) is 10.2. The van der Waals surface area contributed by atoms with E-state index in [9.17, 15) is 5.11 Å². The molecule has 1 aliphatic heterocycles. The van der Waals surface area contributed by atoms with Crippen LogP contribution in [0.5, 0.6) is 0 Å². The van der Waals surface area contributed by atoms with Crippen molar-refractivity contribution in [2.75, 3.05) is 26.0 Å². The summed E-state index contributed by atoms with van der Waals surface area (Å²) in [6, 6.07) is 8.77. The first kappa shape index (κ1) is 11.9. The molecule has 0 aliphatic carbocycles. The van der Waals surface area contributed by atoms with Crippen LogP contribution in [0.2, 0.25) is 0 Å². The van der Waals surface area contributed by atoms with Gasteiger partial charge in [-0.2, -0.15) is 0 Å². The van der Waals surface area contributed by atoms with E-state index in [4.69, 9.17) is 4.74 Å². The Morgan fingerprint density at radius 2 is 2.38 bits per heavy atom. The molecule has 0 spiro atoms. The molecule has 3 nitrogen and oxygen atoms in total. The standard InChI is InChI=1S/C12H17NO2S/c1-15-7-9(14)6-13-11-8-16-12-5-3-2-4-10(11)12/h2-5,9,11,13-14H,6-8H2,1H3. The van der Waals surface area contributed by atoms with Crippen LogP contribution < -0.4 is 5.32 Å². The Bertz CT molecular complexity index is 346. The number of ether oxygens (including phenoxy) is 1. The van der Waals surface area contributed by atoms with Crippen LogP contribution in [0.3, 0.4) is 0 Å². The second kappa shape index (κ2) is 5.68. The summed E-state index contributed by atoms with van der Waals surface area (Å²) in [6.07, 6.45) is -0.428. The second-order valence-corrected chi connectivity index (χ2v) is 4.98. The maximum atomic E-state index is 9.56. The molecular formula is C12H17NO2S. The van der Waals surface area contributed by atoms with E-state index in [-0.39, 0.29) is 0 Å². The molecule has 0 aromatic heterocycles. The maximum Gasteiger partial charge on any atom is 0.0897 e. The second-order valence-electron chi connectivity index (χ2n) is 3.92. The molecule has 16 heavy (non-hydrogen) atoms. The average molecular weight is 239 g/mol. The van der Waals surface area contributed by atoms with Gasteiger partial charge in [0.05, 0.1) is 12.7 Å². The Morgan fingerprint density at radius 3 is 3.19 bits per heavy atom. The van der Waals surface area contributed by atoms with Crippen molar-refractivity contribution in [3.63, 3.8) is 0 Å². The van der Waals surface area contributed by atoms with Crippen LogP contribution >= 0.6 is 11.8 Å². The molecule has 0 saturated carbocycles. The van der Waals surface area contributed by atoms with Crippen LogP contribution in [0, 0.1) is 0 Å². The molecule has 1 aromatic carbocycles. The summed E-state index contributed by atoms with van der Waals surface area (Å²) in [6.45, 7) is 0.960. The SMILES string of the molecule is COCC(O)CNC1CSc2ccccc21. The molecular weight excluding hydrogens is 222 g/mol. The van der Waals surface area contributed by atoms with E-state index < -0.39 is 6.10 Å². The molecule has 0 radical (unpaired) electrons. The molecule has 0 amide bonds. The lowest BCUT2D eigenvalue weighted by atomic mass is 10.1. The number of hydrogen-bond acceptors (Lipinski definition) is 4.